The molecule has 5 nitrogen and oxygen atoms in total. The highest BCUT2D eigenvalue weighted by molar-refractivity contribution is 5.99. The fourth-order valence-corrected chi connectivity index (χ4v) is 3.03. The number of allylic oxidation sites excluding steroid dienone is 2. The van der Waals surface area contributed by atoms with Crippen LogP contribution in [-0.2, 0) is 4.84 Å². The van der Waals surface area contributed by atoms with E-state index in [1.807, 2.05) is 0 Å². The number of unbranched alkanes of at least 4 members (excludes halogenated alkanes) is 12. The van der Waals surface area contributed by atoms with Crippen LogP contribution in [0.3, 0.4) is 0 Å². The van der Waals surface area contributed by atoms with Crippen LogP contribution in [0, 0.1) is 0 Å². The van der Waals surface area contributed by atoms with E-state index in [1.165, 1.54) is 77.0 Å². The monoisotopic (exact) mass is 365 g/mol. The second kappa shape index (κ2) is 17.1. The van der Waals surface area contributed by atoms with Crippen LogP contribution in [-0.4, -0.2) is 25.0 Å². The van der Waals surface area contributed by atoms with Crippen LogP contribution in [0.1, 0.15) is 96.8 Å². The van der Waals surface area contributed by atoms with Gasteiger partial charge in [-0.15, -0.1) is 0 Å². The number of carbonyl (C=O) groups is 1. The van der Waals surface area contributed by atoms with Crippen molar-refractivity contribution in [3.8, 4) is 0 Å². The van der Waals surface area contributed by atoms with Gasteiger partial charge in [0.1, 0.15) is 12.4 Å². The molecule has 0 atom stereocenters. The van der Waals surface area contributed by atoms with E-state index in [0.717, 1.165) is 19.4 Å². The van der Waals surface area contributed by atoms with Crippen molar-refractivity contribution in [3.05, 3.63) is 12.2 Å². The van der Waals surface area contributed by atoms with Crippen molar-refractivity contribution in [2.45, 2.75) is 96.8 Å². The number of nitrogens with one attached hydrogen (secondary N) is 2. The Labute approximate surface area is 160 Å². The summed E-state index contributed by atoms with van der Waals surface area (Å²) in [7, 11) is 0. The third kappa shape index (κ3) is 13.9. The number of rotatable bonds is 16. The van der Waals surface area contributed by atoms with Gasteiger partial charge in [0, 0.05) is 6.54 Å². The molecule has 2 N–H and O–H groups in total. The summed E-state index contributed by atoms with van der Waals surface area (Å²) >= 11 is 0. The molecule has 0 radical (unpaired) electrons. The number of hydrogen-bond donors (Lipinski definition) is 2. The van der Waals surface area contributed by atoms with Crippen LogP contribution in [0.5, 0.6) is 0 Å². The molecule has 0 unspecified atom stereocenters. The van der Waals surface area contributed by atoms with Gasteiger partial charge in [0.25, 0.3) is 0 Å². The zero-order chi connectivity index (χ0) is 18.7. The molecule has 0 aromatic rings. The molecule has 1 aliphatic heterocycles. The van der Waals surface area contributed by atoms with Crippen molar-refractivity contribution in [1.82, 2.24) is 10.8 Å². The summed E-state index contributed by atoms with van der Waals surface area (Å²) in [5, 5.41) is 2.63. The van der Waals surface area contributed by atoms with Gasteiger partial charge in [0.2, 0.25) is 0 Å². The molecule has 26 heavy (non-hydrogen) atoms. The Morgan fingerprint density at radius 2 is 1.46 bits per heavy atom. The van der Waals surface area contributed by atoms with Crippen LogP contribution in [0.2, 0.25) is 0 Å². The minimum atomic E-state index is -0.345. The van der Waals surface area contributed by atoms with E-state index in [0.29, 0.717) is 12.4 Å². The second-order valence-corrected chi connectivity index (χ2v) is 7.11. The minimum absolute atomic E-state index is 0.320. The third-order valence-electron chi connectivity index (χ3n) is 4.60. The number of carbonyl (C=O) groups excluding carboxylic acids is 1. The SMILES string of the molecule is CCCCCCCCCCCCC/C=C/CCCN=C1CONC(=O)N1. The van der Waals surface area contributed by atoms with Crippen molar-refractivity contribution in [2.75, 3.05) is 13.2 Å². The molecule has 0 bridgehead atoms. The highest BCUT2D eigenvalue weighted by atomic mass is 16.7. The number of hydroxylamine groups is 1. The lowest BCUT2D eigenvalue weighted by Gasteiger charge is -2.15. The van der Waals surface area contributed by atoms with Crippen LogP contribution in [0.15, 0.2) is 17.1 Å². The zero-order valence-corrected chi connectivity index (χ0v) is 16.7. The lowest BCUT2D eigenvalue weighted by atomic mass is 10.1. The predicted molar refractivity (Wildman–Crippen MR) is 109 cm³/mol. The summed E-state index contributed by atoms with van der Waals surface area (Å²) < 4.78 is 0. The molecule has 1 heterocycles. The lowest BCUT2D eigenvalue weighted by Crippen LogP contribution is -2.48. The van der Waals surface area contributed by atoms with E-state index in [1.54, 1.807) is 0 Å². The van der Waals surface area contributed by atoms with Gasteiger partial charge < -0.3 is 0 Å². The van der Waals surface area contributed by atoms with Crippen LogP contribution in [0.4, 0.5) is 4.79 Å². The van der Waals surface area contributed by atoms with Crippen molar-refractivity contribution in [1.29, 1.82) is 0 Å². The van der Waals surface area contributed by atoms with E-state index in [2.05, 4.69) is 34.9 Å². The summed E-state index contributed by atoms with van der Waals surface area (Å²) in [6, 6.07) is -0.345. The summed E-state index contributed by atoms with van der Waals surface area (Å²) in [4.78, 5) is 20.2. The van der Waals surface area contributed by atoms with E-state index >= 15 is 0 Å². The Morgan fingerprint density at radius 1 is 0.885 bits per heavy atom. The van der Waals surface area contributed by atoms with Crippen molar-refractivity contribution in [3.63, 3.8) is 0 Å². The van der Waals surface area contributed by atoms with Gasteiger partial charge in [-0.3, -0.25) is 15.1 Å². The average Bonchev–Trinajstić information content (AvgIpc) is 2.64. The number of urea groups is 1. The van der Waals surface area contributed by atoms with Crippen LogP contribution >= 0.6 is 0 Å². The van der Waals surface area contributed by atoms with E-state index in [-0.39, 0.29) is 6.03 Å². The summed E-state index contributed by atoms with van der Waals surface area (Å²) in [5.74, 6) is 0.610. The lowest BCUT2D eigenvalue weighted by molar-refractivity contribution is 0.0786. The number of aliphatic imine (C=N–C) groups is 1. The number of nitrogens with zero attached hydrogens (tertiary/aromatic N) is 1. The van der Waals surface area contributed by atoms with Crippen molar-refractivity contribution >= 4 is 11.9 Å². The molecule has 0 spiro atoms. The fraction of sp³-hybridized carbons (Fsp3) is 0.810. The van der Waals surface area contributed by atoms with Gasteiger partial charge in [0.05, 0.1) is 0 Å². The van der Waals surface area contributed by atoms with Crippen molar-refractivity contribution in [2.24, 2.45) is 4.99 Å². The van der Waals surface area contributed by atoms with Gasteiger partial charge in [-0.2, -0.15) is 0 Å². The van der Waals surface area contributed by atoms with Gasteiger partial charge in [-0.1, -0.05) is 83.3 Å². The molecule has 1 aliphatic rings. The smallest absolute Gasteiger partial charge is 0.292 e. The van der Waals surface area contributed by atoms with Gasteiger partial charge in [-0.05, 0) is 25.7 Å². The highest BCUT2D eigenvalue weighted by Crippen LogP contribution is 2.12. The maximum Gasteiger partial charge on any atom is 0.344 e. The molecule has 0 aromatic heterocycles. The van der Waals surface area contributed by atoms with E-state index in [9.17, 15) is 4.79 Å². The number of hydrogen-bond acceptors (Lipinski definition) is 3. The predicted octanol–water partition coefficient (Wildman–Crippen LogP) is 5.67. The third-order valence-corrected chi connectivity index (χ3v) is 4.60. The van der Waals surface area contributed by atoms with E-state index < -0.39 is 0 Å². The first-order valence-electron chi connectivity index (χ1n) is 10.7. The quantitative estimate of drug-likeness (QED) is 0.273. The Hall–Kier alpha value is -1.36. The maximum absolute atomic E-state index is 11.0. The Morgan fingerprint density at radius 3 is 2.08 bits per heavy atom. The summed E-state index contributed by atoms with van der Waals surface area (Å²) in [6.07, 6.45) is 23.2. The molecule has 1 rings (SSSR count). The standard InChI is InChI=1S/C21H39N3O2/c1-2-3-4-5-6-7-8-9-10-11-12-13-14-15-16-17-18-22-20-19-26-24-21(25)23-20/h14-15H,2-13,16-19H2,1H3,(H2,22,23,24,25)/b15-14+. The molecule has 0 saturated carbocycles. The average molecular weight is 366 g/mol. The molecule has 1 fully saturated rings. The maximum atomic E-state index is 11.0. The Balaban J connectivity index is 1.79. The molecular weight excluding hydrogens is 326 g/mol. The van der Waals surface area contributed by atoms with Gasteiger partial charge >= 0.3 is 6.03 Å². The first kappa shape index (κ1) is 22.7. The highest BCUT2D eigenvalue weighted by Gasteiger charge is 2.11. The molecule has 2 amide bonds. The Kier molecular flexibility index (Phi) is 14.9. The van der Waals surface area contributed by atoms with Gasteiger partial charge in [0.15, 0.2) is 0 Å². The fourth-order valence-electron chi connectivity index (χ4n) is 3.03. The van der Waals surface area contributed by atoms with Crippen LogP contribution < -0.4 is 10.8 Å². The zero-order valence-electron chi connectivity index (χ0n) is 16.7. The normalized spacial score (nSPS) is 16.2. The number of amidine groups is 1. The molecule has 150 valence electrons. The minimum Gasteiger partial charge on any atom is -0.292 e. The topological polar surface area (TPSA) is 62.7 Å². The Bertz CT molecular complexity index is 408. The van der Waals surface area contributed by atoms with Gasteiger partial charge in [-0.25, -0.2) is 10.3 Å². The summed E-state index contributed by atoms with van der Waals surface area (Å²) in [6.45, 7) is 3.32. The molecular formula is C21H39N3O2. The second-order valence-electron chi connectivity index (χ2n) is 7.11. The largest absolute Gasteiger partial charge is 0.344 e. The first-order chi connectivity index (χ1) is 12.8. The molecule has 0 aromatic carbocycles. The summed E-state index contributed by atoms with van der Waals surface area (Å²) in [5.41, 5.74) is 2.23. The van der Waals surface area contributed by atoms with Crippen LogP contribution in [0.25, 0.3) is 0 Å². The number of amides is 2. The van der Waals surface area contributed by atoms with E-state index in [4.69, 9.17) is 4.84 Å². The first-order valence-corrected chi connectivity index (χ1v) is 10.7. The molecule has 0 aliphatic carbocycles. The molecule has 1 saturated heterocycles. The molecule has 5 heteroatoms. The van der Waals surface area contributed by atoms with Crippen molar-refractivity contribution < 1.29 is 9.63 Å².